The number of hydrogen-bond donors (Lipinski definition) is 2. The SMILES string of the molecule is CC[C@H]1[C@@H](O)[C@@H]2[C@H](CC[C@]3(C)[C@@H]([C@H](C)CC(C)C(=O)OC)CC[C@@H]23)[C@@]2(C)CC[C@@H](O)C[C@@H]12. The van der Waals surface area contributed by atoms with Gasteiger partial charge in [-0.3, -0.25) is 4.79 Å². The summed E-state index contributed by atoms with van der Waals surface area (Å²) in [6.45, 7) is 11.6. The second-order valence-electron chi connectivity index (χ2n) is 12.8. The van der Waals surface area contributed by atoms with Crippen LogP contribution in [-0.4, -0.2) is 35.5 Å². The van der Waals surface area contributed by atoms with Gasteiger partial charge in [0.05, 0.1) is 25.2 Å². The number of esters is 1. The maximum absolute atomic E-state index is 12.0. The predicted molar refractivity (Wildman–Crippen MR) is 127 cm³/mol. The number of aliphatic hydroxyl groups excluding tert-OH is 2. The number of rotatable bonds is 5. The third-order valence-corrected chi connectivity index (χ3v) is 11.5. The molecule has 4 heteroatoms. The second-order valence-corrected chi connectivity index (χ2v) is 12.8. The molecule has 12 atom stereocenters. The molecule has 0 bridgehead atoms. The van der Waals surface area contributed by atoms with Gasteiger partial charge in [0.1, 0.15) is 0 Å². The standard InChI is InChI=1S/C28H48O4/c1-7-19-23-15-18(29)10-12-28(23,5)22-11-13-27(4)20(8-9-21(27)24(22)25(19)30)16(2)14-17(3)26(31)32-6/h16-25,29-30H,7-15H2,1-6H3/t16-,17?,18-,19-,20-,21+,22+,23+,24+,25-,27-,28-/m1/s1. The molecule has 0 aromatic heterocycles. The first-order valence-electron chi connectivity index (χ1n) is 13.5. The van der Waals surface area contributed by atoms with Crippen molar-refractivity contribution in [1.82, 2.24) is 0 Å². The zero-order chi connectivity index (χ0) is 23.4. The van der Waals surface area contributed by atoms with Crippen molar-refractivity contribution in [2.24, 2.45) is 58.2 Å². The van der Waals surface area contributed by atoms with E-state index in [4.69, 9.17) is 4.74 Å². The highest BCUT2D eigenvalue weighted by atomic mass is 16.5. The Balaban J connectivity index is 1.59. The lowest BCUT2D eigenvalue weighted by Gasteiger charge is -2.64. The van der Waals surface area contributed by atoms with E-state index >= 15 is 0 Å². The molecular weight excluding hydrogens is 400 g/mol. The molecule has 4 aliphatic rings. The largest absolute Gasteiger partial charge is 0.469 e. The van der Waals surface area contributed by atoms with Crippen molar-refractivity contribution in [3.8, 4) is 0 Å². The molecule has 4 nitrogen and oxygen atoms in total. The first-order valence-corrected chi connectivity index (χ1v) is 13.5. The van der Waals surface area contributed by atoms with Gasteiger partial charge in [-0.05, 0) is 104 Å². The van der Waals surface area contributed by atoms with Gasteiger partial charge >= 0.3 is 5.97 Å². The van der Waals surface area contributed by atoms with Crippen molar-refractivity contribution in [2.45, 2.75) is 105 Å². The average molecular weight is 449 g/mol. The van der Waals surface area contributed by atoms with Crippen molar-refractivity contribution in [2.75, 3.05) is 7.11 Å². The van der Waals surface area contributed by atoms with Crippen molar-refractivity contribution in [3.63, 3.8) is 0 Å². The predicted octanol–water partition coefficient (Wildman–Crippen LogP) is 5.45. The fourth-order valence-corrected chi connectivity index (χ4v) is 9.95. The fourth-order valence-electron chi connectivity index (χ4n) is 9.95. The molecule has 0 aromatic rings. The Morgan fingerprint density at radius 3 is 2.31 bits per heavy atom. The van der Waals surface area contributed by atoms with Crippen molar-refractivity contribution in [1.29, 1.82) is 0 Å². The van der Waals surface area contributed by atoms with Gasteiger partial charge in [-0.1, -0.05) is 41.0 Å². The van der Waals surface area contributed by atoms with Crippen molar-refractivity contribution in [3.05, 3.63) is 0 Å². The Kier molecular flexibility index (Phi) is 6.80. The Bertz CT molecular complexity index is 693. The minimum absolute atomic E-state index is 0.0490. The summed E-state index contributed by atoms with van der Waals surface area (Å²) in [4.78, 5) is 12.0. The molecular formula is C28H48O4. The van der Waals surface area contributed by atoms with E-state index in [1.165, 1.54) is 32.8 Å². The highest BCUT2D eigenvalue weighted by Gasteiger charge is 2.64. The smallest absolute Gasteiger partial charge is 0.308 e. The summed E-state index contributed by atoms with van der Waals surface area (Å²) < 4.78 is 5.00. The maximum atomic E-state index is 12.0. The van der Waals surface area contributed by atoms with Gasteiger partial charge in [0.25, 0.3) is 0 Å². The van der Waals surface area contributed by atoms with Crippen LogP contribution in [0.4, 0.5) is 0 Å². The summed E-state index contributed by atoms with van der Waals surface area (Å²) in [6.07, 6.45) is 9.30. The Labute approximate surface area is 195 Å². The fraction of sp³-hybridized carbons (Fsp3) is 0.964. The van der Waals surface area contributed by atoms with Crippen LogP contribution in [-0.2, 0) is 9.53 Å². The van der Waals surface area contributed by atoms with Gasteiger partial charge < -0.3 is 14.9 Å². The molecule has 0 spiro atoms. The highest BCUT2D eigenvalue weighted by molar-refractivity contribution is 5.71. The van der Waals surface area contributed by atoms with Gasteiger partial charge in [0, 0.05) is 0 Å². The quantitative estimate of drug-likeness (QED) is 0.549. The molecule has 2 N–H and O–H groups in total. The molecule has 0 aromatic carbocycles. The van der Waals surface area contributed by atoms with E-state index in [1.54, 1.807) is 0 Å². The zero-order valence-electron chi connectivity index (χ0n) is 21.3. The van der Waals surface area contributed by atoms with E-state index in [-0.39, 0.29) is 34.9 Å². The minimum atomic E-state index is -0.235. The van der Waals surface area contributed by atoms with Gasteiger partial charge in [0.2, 0.25) is 0 Å². The second kappa shape index (κ2) is 8.87. The van der Waals surface area contributed by atoms with Crippen molar-refractivity contribution < 1.29 is 19.7 Å². The van der Waals surface area contributed by atoms with Crippen LogP contribution in [0.3, 0.4) is 0 Å². The van der Waals surface area contributed by atoms with E-state index < -0.39 is 0 Å². The number of fused-ring (bicyclic) bond motifs is 5. The average Bonchev–Trinajstić information content (AvgIpc) is 3.11. The molecule has 0 radical (unpaired) electrons. The summed E-state index contributed by atoms with van der Waals surface area (Å²) in [5.74, 6) is 3.29. The van der Waals surface area contributed by atoms with Gasteiger partial charge in [-0.2, -0.15) is 0 Å². The molecule has 0 heterocycles. The van der Waals surface area contributed by atoms with Crippen LogP contribution in [0, 0.1) is 58.2 Å². The lowest BCUT2D eigenvalue weighted by Crippen LogP contribution is -2.62. The third kappa shape index (κ3) is 3.67. The van der Waals surface area contributed by atoms with Crippen LogP contribution in [0.5, 0.6) is 0 Å². The summed E-state index contributed by atoms with van der Waals surface area (Å²) in [5, 5.41) is 22.3. The van der Waals surface area contributed by atoms with Gasteiger partial charge in [-0.25, -0.2) is 0 Å². The normalized spacial score (nSPS) is 50.0. The molecule has 184 valence electrons. The highest BCUT2D eigenvalue weighted by Crippen LogP contribution is 2.69. The van der Waals surface area contributed by atoms with E-state index in [9.17, 15) is 15.0 Å². The Morgan fingerprint density at radius 2 is 1.66 bits per heavy atom. The molecule has 32 heavy (non-hydrogen) atoms. The summed E-state index contributed by atoms with van der Waals surface area (Å²) >= 11 is 0. The van der Waals surface area contributed by atoms with Crippen LogP contribution in [0.25, 0.3) is 0 Å². The van der Waals surface area contributed by atoms with Crippen LogP contribution in [0.15, 0.2) is 0 Å². The topological polar surface area (TPSA) is 66.8 Å². The summed E-state index contributed by atoms with van der Waals surface area (Å²) in [5.41, 5.74) is 0.515. The first kappa shape index (κ1) is 24.5. The minimum Gasteiger partial charge on any atom is -0.469 e. The summed E-state index contributed by atoms with van der Waals surface area (Å²) in [7, 11) is 1.49. The van der Waals surface area contributed by atoms with Crippen molar-refractivity contribution >= 4 is 5.97 Å². The molecule has 0 aliphatic heterocycles. The van der Waals surface area contributed by atoms with Gasteiger partial charge in [0.15, 0.2) is 0 Å². The number of ether oxygens (including phenoxy) is 1. The number of carbonyl (C=O) groups excluding carboxylic acids is 1. The molecule has 0 saturated heterocycles. The monoisotopic (exact) mass is 448 g/mol. The third-order valence-electron chi connectivity index (χ3n) is 11.5. The van der Waals surface area contributed by atoms with E-state index in [0.29, 0.717) is 41.4 Å². The molecule has 0 amide bonds. The molecule has 4 rings (SSSR count). The molecule has 4 aliphatic carbocycles. The summed E-state index contributed by atoms with van der Waals surface area (Å²) in [6, 6.07) is 0. The Hall–Kier alpha value is -0.610. The van der Waals surface area contributed by atoms with Crippen LogP contribution in [0.2, 0.25) is 0 Å². The molecule has 4 fully saturated rings. The zero-order valence-corrected chi connectivity index (χ0v) is 21.3. The maximum Gasteiger partial charge on any atom is 0.308 e. The van der Waals surface area contributed by atoms with Crippen LogP contribution >= 0.6 is 0 Å². The van der Waals surface area contributed by atoms with E-state index in [0.717, 1.165) is 32.1 Å². The number of methoxy groups -OCH3 is 1. The Morgan fingerprint density at radius 1 is 1.00 bits per heavy atom. The van der Waals surface area contributed by atoms with Gasteiger partial charge in [-0.15, -0.1) is 0 Å². The van der Waals surface area contributed by atoms with E-state index in [2.05, 4.69) is 27.7 Å². The first-order chi connectivity index (χ1) is 15.1. The number of aliphatic hydroxyl groups is 2. The van der Waals surface area contributed by atoms with Crippen LogP contribution in [0.1, 0.15) is 92.4 Å². The van der Waals surface area contributed by atoms with E-state index in [1.807, 2.05) is 6.92 Å². The number of hydrogen-bond acceptors (Lipinski definition) is 4. The number of carbonyl (C=O) groups is 1. The molecule has 4 saturated carbocycles. The van der Waals surface area contributed by atoms with Crippen LogP contribution < -0.4 is 0 Å². The molecule has 1 unspecified atom stereocenters. The lowest BCUT2D eigenvalue weighted by atomic mass is 9.41. The lowest BCUT2D eigenvalue weighted by molar-refractivity contribution is -0.203.